The van der Waals surface area contributed by atoms with Crippen LogP contribution in [0.1, 0.15) is 32.6 Å². The van der Waals surface area contributed by atoms with Crippen molar-refractivity contribution >= 4 is 5.78 Å². The molecule has 0 saturated heterocycles. The third-order valence-corrected chi connectivity index (χ3v) is 2.64. The Kier molecular flexibility index (Phi) is 2.86. The van der Waals surface area contributed by atoms with Crippen molar-refractivity contribution in [1.82, 2.24) is 0 Å². The third-order valence-electron chi connectivity index (χ3n) is 2.64. The quantitative estimate of drug-likeness (QED) is 0.556. The van der Waals surface area contributed by atoms with E-state index in [1.807, 2.05) is 6.08 Å². The molecular formula is C10H16O. The number of hydrogen-bond donors (Lipinski definition) is 0. The lowest BCUT2D eigenvalue weighted by atomic mass is 9.77. The number of hydrogen-bond acceptors (Lipinski definition) is 1. The second-order valence-electron chi connectivity index (χ2n) is 3.40. The summed E-state index contributed by atoms with van der Waals surface area (Å²) in [5.74, 6) is 1.08. The minimum atomic E-state index is 0.279. The summed E-state index contributed by atoms with van der Waals surface area (Å²) in [5, 5.41) is 0. The minimum Gasteiger partial charge on any atom is -0.300 e. The van der Waals surface area contributed by atoms with E-state index in [4.69, 9.17) is 0 Å². The molecule has 0 aromatic carbocycles. The molecule has 0 aromatic heterocycles. The van der Waals surface area contributed by atoms with Crippen LogP contribution in [-0.2, 0) is 4.79 Å². The summed E-state index contributed by atoms with van der Waals surface area (Å²) in [6.07, 6.45) is 6.67. The molecule has 62 valence electrons. The topological polar surface area (TPSA) is 17.1 Å². The molecule has 0 amide bonds. The Morgan fingerprint density at radius 1 is 1.45 bits per heavy atom. The molecule has 0 N–H and O–H groups in total. The summed E-state index contributed by atoms with van der Waals surface area (Å²) in [6, 6.07) is 0. The molecule has 1 aliphatic carbocycles. The Bertz CT molecular complexity index is 160. The highest BCUT2D eigenvalue weighted by molar-refractivity contribution is 5.78. The summed E-state index contributed by atoms with van der Waals surface area (Å²) in [6.45, 7) is 5.47. The molecule has 1 aliphatic rings. The maximum Gasteiger partial charge on any atom is 0.133 e. The predicted molar refractivity (Wildman–Crippen MR) is 46.3 cm³/mol. The summed E-state index contributed by atoms with van der Waals surface area (Å²) < 4.78 is 0. The van der Waals surface area contributed by atoms with E-state index in [0.29, 0.717) is 11.7 Å². The van der Waals surface area contributed by atoms with Gasteiger partial charge in [-0.1, -0.05) is 18.9 Å². The highest BCUT2D eigenvalue weighted by Crippen LogP contribution is 2.30. The maximum absolute atomic E-state index is 11.1. The first-order chi connectivity index (χ1) is 5.25. The van der Waals surface area contributed by atoms with E-state index in [-0.39, 0.29) is 5.92 Å². The van der Waals surface area contributed by atoms with Crippen LogP contribution in [-0.4, -0.2) is 5.78 Å². The third kappa shape index (κ3) is 1.92. The highest BCUT2D eigenvalue weighted by atomic mass is 16.1. The van der Waals surface area contributed by atoms with Crippen molar-refractivity contribution in [3.05, 3.63) is 12.7 Å². The summed E-state index contributed by atoms with van der Waals surface area (Å²) in [4.78, 5) is 11.1. The second-order valence-corrected chi connectivity index (χ2v) is 3.40. The number of rotatable bonds is 2. The first-order valence-corrected chi connectivity index (χ1v) is 4.38. The summed E-state index contributed by atoms with van der Waals surface area (Å²) >= 11 is 0. The minimum absolute atomic E-state index is 0.279. The van der Waals surface area contributed by atoms with Crippen LogP contribution < -0.4 is 0 Å². The van der Waals surface area contributed by atoms with Gasteiger partial charge in [-0.3, -0.25) is 4.79 Å². The highest BCUT2D eigenvalue weighted by Gasteiger charge is 2.25. The van der Waals surface area contributed by atoms with Crippen molar-refractivity contribution in [2.24, 2.45) is 11.8 Å². The SMILES string of the molecule is C=CC1CCCC[C@H]1C(C)=O. The van der Waals surface area contributed by atoms with E-state index in [9.17, 15) is 4.79 Å². The fraction of sp³-hybridized carbons (Fsp3) is 0.700. The van der Waals surface area contributed by atoms with Gasteiger partial charge in [-0.25, -0.2) is 0 Å². The van der Waals surface area contributed by atoms with Crippen molar-refractivity contribution in [2.75, 3.05) is 0 Å². The van der Waals surface area contributed by atoms with Crippen molar-refractivity contribution in [3.8, 4) is 0 Å². The zero-order valence-corrected chi connectivity index (χ0v) is 7.18. The number of allylic oxidation sites excluding steroid dienone is 1. The van der Waals surface area contributed by atoms with Crippen LogP contribution in [0.5, 0.6) is 0 Å². The van der Waals surface area contributed by atoms with Gasteiger partial charge in [0.25, 0.3) is 0 Å². The van der Waals surface area contributed by atoms with Gasteiger partial charge in [-0.15, -0.1) is 6.58 Å². The zero-order valence-electron chi connectivity index (χ0n) is 7.18. The smallest absolute Gasteiger partial charge is 0.133 e. The van der Waals surface area contributed by atoms with Gasteiger partial charge in [0.1, 0.15) is 5.78 Å². The van der Waals surface area contributed by atoms with Crippen LogP contribution in [0.4, 0.5) is 0 Å². The monoisotopic (exact) mass is 152 g/mol. The van der Waals surface area contributed by atoms with Crippen molar-refractivity contribution in [2.45, 2.75) is 32.6 Å². The molecule has 0 aliphatic heterocycles. The van der Waals surface area contributed by atoms with Crippen molar-refractivity contribution in [1.29, 1.82) is 0 Å². The predicted octanol–water partition coefficient (Wildman–Crippen LogP) is 2.57. The van der Waals surface area contributed by atoms with Gasteiger partial charge in [0, 0.05) is 5.92 Å². The Morgan fingerprint density at radius 3 is 2.55 bits per heavy atom. The molecular weight excluding hydrogens is 136 g/mol. The van der Waals surface area contributed by atoms with Crippen LogP contribution in [0.3, 0.4) is 0 Å². The Balaban J connectivity index is 2.58. The fourth-order valence-electron chi connectivity index (χ4n) is 1.95. The Labute approximate surface area is 68.5 Å². The Morgan fingerprint density at radius 2 is 2.09 bits per heavy atom. The van der Waals surface area contributed by atoms with Crippen molar-refractivity contribution in [3.63, 3.8) is 0 Å². The average Bonchev–Trinajstić information content (AvgIpc) is 2.04. The lowest BCUT2D eigenvalue weighted by Crippen LogP contribution is -2.23. The van der Waals surface area contributed by atoms with Gasteiger partial charge in [-0.05, 0) is 25.7 Å². The summed E-state index contributed by atoms with van der Waals surface area (Å²) in [5.41, 5.74) is 0. The molecule has 1 heteroatoms. The fourth-order valence-corrected chi connectivity index (χ4v) is 1.95. The van der Waals surface area contributed by atoms with E-state index in [1.165, 1.54) is 12.8 Å². The number of Topliss-reactive ketones (excluding diaryl/α,β-unsaturated/α-hetero) is 1. The van der Waals surface area contributed by atoms with Gasteiger partial charge in [0.05, 0.1) is 0 Å². The lowest BCUT2D eigenvalue weighted by Gasteiger charge is -2.26. The Hall–Kier alpha value is -0.590. The molecule has 1 nitrogen and oxygen atoms in total. The van der Waals surface area contributed by atoms with E-state index in [0.717, 1.165) is 12.8 Å². The lowest BCUT2D eigenvalue weighted by molar-refractivity contribution is -0.122. The van der Waals surface area contributed by atoms with Crippen LogP contribution in [0, 0.1) is 11.8 Å². The van der Waals surface area contributed by atoms with E-state index >= 15 is 0 Å². The molecule has 0 radical (unpaired) electrons. The molecule has 1 rings (SSSR count). The molecule has 0 aromatic rings. The van der Waals surface area contributed by atoms with Crippen LogP contribution in [0.25, 0.3) is 0 Å². The molecule has 0 heterocycles. The molecule has 11 heavy (non-hydrogen) atoms. The molecule has 2 atom stereocenters. The van der Waals surface area contributed by atoms with Gasteiger partial charge in [-0.2, -0.15) is 0 Å². The maximum atomic E-state index is 11.1. The molecule has 1 saturated carbocycles. The van der Waals surface area contributed by atoms with Crippen molar-refractivity contribution < 1.29 is 4.79 Å². The van der Waals surface area contributed by atoms with Gasteiger partial charge < -0.3 is 0 Å². The van der Waals surface area contributed by atoms with Gasteiger partial charge >= 0.3 is 0 Å². The average molecular weight is 152 g/mol. The van der Waals surface area contributed by atoms with E-state index in [1.54, 1.807) is 6.92 Å². The van der Waals surface area contributed by atoms with Crippen LogP contribution in [0.15, 0.2) is 12.7 Å². The standard InChI is InChI=1S/C10H16O/c1-3-9-6-4-5-7-10(9)8(2)11/h3,9-10H,1,4-7H2,2H3/t9?,10-/m0/s1. The second kappa shape index (κ2) is 3.70. The normalized spacial score (nSPS) is 31.4. The molecule has 1 fully saturated rings. The van der Waals surface area contributed by atoms with E-state index < -0.39 is 0 Å². The van der Waals surface area contributed by atoms with Gasteiger partial charge in [0.15, 0.2) is 0 Å². The first kappa shape index (κ1) is 8.51. The van der Waals surface area contributed by atoms with E-state index in [2.05, 4.69) is 6.58 Å². The molecule has 1 unspecified atom stereocenters. The van der Waals surface area contributed by atoms with Crippen LogP contribution >= 0.6 is 0 Å². The number of ketones is 1. The number of carbonyl (C=O) groups is 1. The molecule has 0 spiro atoms. The molecule has 0 bridgehead atoms. The number of carbonyl (C=O) groups excluding carboxylic acids is 1. The summed E-state index contributed by atoms with van der Waals surface area (Å²) in [7, 11) is 0. The first-order valence-electron chi connectivity index (χ1n) is 4.38. The zero-order chi connectivity index (χ0) is 8.27. The van der Waals surface area contributed by atoms with Crippen LogP contribution in [0.2, 0.25) is 0 Å². The largest absolute Gasteiger partial charge is 0.300 e. The van der Waals surface area contributed by atoms with Gasteiger partial charge in [0.2, 0.25) is 0 Å².